The second-order valence-electron chi connectivity index (χ2n) is 4.04. The fourth-order valence-corrected chi connectivity index (χ4v) is 4.70. The molecule has 2 N–H and O–H groups in total. The maximum atomic E-state index is 9.96. The minimum absolute atomic E-state index is 0.223. The Kier molecular flexibility index (Phi) is 3.34. The molecule has 0 aromatic rings. The first kappa shape index (κ1) is 10.4. The molecule has 1 heterocycles. The minimum Gasteiger partial charge on any atom is -0.390 e. The van der Waals surface area contributed by atoms with E-state index < -0.39 is 0 Å². The zero-order valence-electron chi connectivity index (χ0n) is 7.42. The lowest BCUT2D eigenvalue weighted by atomic mass is 9.78. The van der Waals surface area contributed by atoms with E-state index in [-0.39, 0.29) is 17.0 Å². The summed E-state index contributed by atoms with van der Waals surface area (Å²) in [4.78, 5) is 0.793. The summed E-state index contributed by atoms with van der Waals surface area (Å²) in [5.41, 5.74) is 0. The molecule has 4 heteroatoms. The lowest BCUT2D eigenvalue weighted by Crippen LogP contribution is -2.58. The van der Waals surface area contributed by atoms with Crippen LogP contribution in [0.2, 0.25) is 0 Å². The van der Waals surface area contributed by atoms with Gasteiger partial charge in [-0.05, 0) is 31.7 Å². The highest BCUT2D eigenvalue weighted by Gasteiger charge is 2.42. The second-order valence-corrected chi connectivity index (χ2v) is 6.40. The van der Waals surface area contributed by atoms with Gasteiger partial charge in [-0.1, -0.05) is 31.9 Å². The van der Waals surface area contributed by atoms with E-state index in [2.05, 4.69) is 37.2 Å². The number of aliphatic hydroxyl groups excluding tert-OH is 1. The molecule has 13 heavy (non-hydrogen) atoms. The van der Waals surface area contributed by atoms with Crippen LogP contribution in [0.15, 0.2) is 0 Å². The molecule has 0 bridgehead atoms. The van der Waals surface area contributed by atoms with Gasteiger partial charge in [-0.15, -0.1) is 0 Å². The number of fused-ring (bicyclic) bond motifs is 1. The smallest absolute Gasteiger partial charge is 0.0821 e. The van der Waals surface area contributed by atoms with Crippen molar-refractivity contribution >= 4 is 31.9 Å². The summed E-state index contributed by atoms with van der Waals surface area (Å²) in [7, 11) is 0. The lowest BCUT2D eigenvalue weighted by molar-refractivity contribution is 0.0538. The molecule has 76 valence electrons. The minimum atomic E-state index is -0.223. The van der Waals surface area contributed by atoms with Crippen LogP contribution in [-0.2, 0) is 0 Å². The van der Waals surface area contributed by atoms with E-state index in [1.807, 2.05) is 0 Å². The van der Waals surface area contributed by atoms with Gasteiger partial charge >= 0.3 is 0 Å². The first-order chi connectivity index (χ1) is 6.20. The monoisotopic (exact) mass is 311 g/mol. The third-order valence-electron chi connectivity index (χ3n) is 3.21. The van der Waals surface area contributed by atoms with Gasteiger partial charge < -0.3 is 10.4 Å². The Bertz CT molecular complexity index is 190. The van der Waals surface area contributed by atoms with Crippen LogP contribution in [0.25, 0.3) is 0 Å². The quantitative estimate of drug-likeness (QED) is 0.667. The van der Waals surface area contributed by atoms with Gasteiger partial charge in [0.15, 0.2) is 0 Å². The summed E-state index contributed by atoms with van der Waals surface area (Å²) in [5.74, 6) is 0.609. The topological polar surface area (TPSA) is 32.3 Å². The largest absolute Gasteiger partial charge is 0.390 e. The van der Waals surface area contributed by atoms with Gasteiger partial charge in [0.25, 0.3) is 0 Å². The number of rotatable bonds is 0. The van der Waals surface area contributed by atoms with Crippen molar-refractivity contribution in [1.82, 2.24) is 5.32 Å². The van der Waals surface area contributed by atoms with Crippen molar-refractivity contribution in [3.63, 3.8) is 0 Å². The number of hydrogen-bond acceptors (Lipinski definition) is 2. The summed E-state index contributed by atoms with van der Waals surface area (Å²) < 4.78 is 0. The highest BCUT2D eigenvalue weighted by molar-refractivity contribution is 9.10. The first-order valence-corrected chi connectivity index (χ1v) is 6.73. The van der Waals surface area contributed by atoms with Crippen LogP contribution in [0.3, 0.4) is 0 Å². The van der Waals surface area contributed by atoms with E-state index in [0.717, 1.165) is 13.0 Å². The van der Waals surface area contributed by atoms with Crippen molar-refractivity contribution in [3.8, 4) is 0 Å². The fourth-order valence-electron chi connectivity index (χ4n) is 2.47. The Labute approximate surface area is 95.7 Å². The van der Waals surface area contributed by atoms with Gasteiger partial charge in [0.2, 0.25) is 0 Å². The van der Waals surface area contributed by atoms with E-state index in [0.29, 0.717) is 10.7 Å². The van der Waals surface area contributed by atoms with Crippen LogP contribution in [0, 0.1) is 5.92 Å². The zero-order chi connectivity index (χ0) is 9.42. The maximum Gasteiger partial charge on any atom is 0.0821 e. The SMILES string of the molecule is OC1C(Br)CC(Br)C2CCCNC12. The Hall–Kier alpha value is 0.880. The average molecular weight is 313 g/mol. The van der Waals surface area contributed by atoms with Crippen LogP contribution in [0.4, 0.5) is 0 Å². The third kappa shape index (κ3) is 1.96. The molecule has 1 saturated carbocycles. The molecule has 0 aromatic heterocycles. The van der Waals surface area contributed by atoms with Gasteiger partial charge in [-0.3, -0.25) is 0 Å². The van der Waals surface area contributed by atoms with E-state index in [1.165, 1.54) is 12.8 Å². The maximum absolute atomic E-state index is 9.96. The lowest BCUT2D eigenvalue weighted by Gasteiger charge is -2.44. The molecule has 0 radical (unpaired) electrons. The summed E-state index contributed by atoms with van der Waals surface area (Å²) in [6.45, 7) is 1.05. The van der Waals surface area contributed by atoms with Crippen molar-refractivity contribution in [2.24, 2.45) is 5.92 Å². The molecule has 1 saturated heterocycles. The number of hydrogen-bond donors (Lipinski definition) is 2. The van der Waals surface area contributed by atoms with Crippen molar-refractivity contribution in [2.45, 2.75) is 41.1 Å². The van der Waals surface area contributed by atoms with Gasteiger partial charge in [0, 0.05) is 15.7 Å². The van der Waals surface area contributed by atoms with Gasteiger partial charge in [-0.2, -0.15) is 0 Å². The molecule has 2 nitrogen and oxygen atoms in total. The first-order valence-electron chi connectivity index (χ1n) is 4.89. The number of halogens is 2. The molecule has 0 spiro atoms. The van der Waals surface area contributed by atoms with Crippen LogP contribution >= 0.6 is 31.9 Å². The standard InChI is InChI=1S/C9H15Br2NO/c10-6-4-7(11)9(13)8-5(6)2-1-3-12-8/h5-9,12-13H,1-4H2. The number of nitrogens with one attached hydrogen (secondary N) is 1. The summed E-state index contributed by atoms with van der Waals surface area (Å²) >= 11 is 7.25. The number of aliphatic hydroxyl groups is 1. The zero-order valence-corrected chi connectivity index (χ0v) is 10.6. The Morgan fingerprint density at radius 1 is 1.23 bits per heavy atom. The molecule has 0 aromatic carbocycles. The van der Waals surface area contributed by atoms with Crippen molar-refractivity contribution in [3.05, 3.63) is 0 Å². The highest BCUT2D eigenvalue weighted by atomic mass is 79.9. The van der Waals surface area contributed by atoms with E-state index in [9.17, 15) is 5.11 Å². The molecule has 2 fully saturated rings. The predicted octanol–water partition coefficient (Wildman–Crippen LogP) is 1.65. The Morgan fingerprint density at radius 2 is 2.00 bits per heavy atom. The van der Waals surface area contributed by atoms with Crippen molar-refractivity contribution < 1.29 is 5.11 Å². The molecule has 5 atom stereocenters. The normalized spacial score (nSPS) is 51.5. The molecule has 1 aliphatic carbocycles. The summed E-state index contributed by atoms with van der Waals surface area (Å²) in [6, 6.07) is 0.288. The van der Waals surface area contributed by atoms with Crippen molar-refractivity contribution in [1.29, 1.82) is 0 Å². The van der Waals surface area contributed by atoms with Crippen LogP contribution in [-0.4, -0.2) is 33.5 Å². The highest BCUT2D eigenvalue weighted by Crippen LogP contribution is 2.38. The van der Waals surface area contributed by atoms with Crippen LogP contribution in [0.1, 0.15) is 19.3 Å². The predicted molar refractivity (Wildman–Crippen MR) is 60.6 cm³/mol. The number of piperidine rings is 1. The second kappa shape index (κ2) is 4.17. The Balaban J connectivity index is 2.10. The average Bonchev–Trinajstić information content (AvgIpc) is 2.15. The summed E-state index contributed by atoms with van der Waals surface area (Å²) in [5, 5.41) is 13.4. The van der Waals surface area contributed by atoms with E-state index >= 15 is 0 Å². The fraction of sp³-hybridized carbons (Fsp3) is 1.00. The van der Waals surface area contributed by atoms with E-state index in [1.54, 1.807) is 0 Å². The molecule has 0 amide bonds. The third-order valence-corrected chi connectivity index (χ3v) is 5.18. The molecule has 2 rings (SSSR count). The van der Waals surface area contributed by atoms with Crippen LogP contribution in [0.5, 0.6) is 0 Å². The van der Waals surface area contributed by atoms with Gasteiger partial charge in [0.05, 0.1) is 6.10 Å². The van der Waals surface area contributed by atoms with Crippen LogP contribution < -0.4 is 5.32 Å². The summed E-state index contributed by atoms with van der Waals surface area (Å²) in [6.07, 6.45) is 3.29. The molecule has 5 unspecified atom stereocenters. The molecular formula is C9H15Br2NO. The molecule has 1 aliphatic heterocycles. The number of alkyl halides is 2. The molecular weight excluding hydrogens is 298 g/mol. The van der Waals surface area contributed by atoms with E-state index in [4.69, 9.17) is 0 Å². The van der Waals surface area contributed by atoms with Gasteiger partial charge in [-0.25, -0.2) is 0 Å². The van der Waals surface area contributed by atoms with Crippen molar-refractivity contribution in [2.75, 3.05) is 6.54 Å². The molecule has 2 aliphatic rings. The Morgan fingerprint density at radius 3 is 2.77 bits per heavy atom. The van der Waals surface area contributed by atoms with Gasteiger partial charge in [0.1, 0.15) is 0 Å².